The third-order valence-corrected chi connectivity index (χ3v) is 1.41. The molecule has 0 fully saturated rings. The van der Waals surface area contributed by atoms with Crippen LogP contribution in [0.15, 0.2) is 35.7 Å². The van der Waals surface area contributed by atoms with Gasteiger partial charge in [0.1, 0.15) is 5.83 Å². The van der Waals surface area contributed by atoms with Gasteiger partial charge in [0.05, 0.1) is 0 Å². The van der Waals surface area contributed by atoms with E-state index in [0.29, 0.717) is 5.57 Å². The van der Waals surface area contributed by atoms with Gasteiger partial charge in [0.25, 0.3) is 0 Å². The van der Waals surface area contributed by atoms with Crippen LogP contribution >= 0.6 is 0 Å². The van der Waals surface area contributed by atoms with Gasteiger partial charge in [-0.25, -0.2) is 4.39 Å². The summed E-state index contributed by atoms with van der Waals surface area (Å²) >= 11 is 0. The molecule has 0 rings (SSSR count). The Bertz CT molecular complexity index is 202. The van der Waals surface area contributed by atoms with Gasteiger partial charge in [-0.3, -0.25) is 0 Å². The van der Waals surface area contributed by atoms with Gasteiger partial charge in [0, 0.05) is 6.54 Å². The van der Waals surface area contributed by atoms with Crippen molar-refractivity contribution < 1.29 is 4.39 Å². The highest BCUT2D eigenvalue weighted by Gasteiger charge is 1.98. The minimum atomic E-state index is -0.238. The van der Waals surface area contributed by atoms with Gasteiger partial charge in [-0.05, 0) is 25.0 Å². The van der Waals surface area contributed by atoms with Gasteiger partial charge in [-0.1, -0.05) is 25.2 Å². The number of halogens is 1. The summed E-state index contributed by atoms with van der Waals surface area (Å²) in [5.74, 6) is -0.238. The van der Waals surface area contributed by atoms with Crippen LogP contribution in [-0.4, -0.2) is 6.54 Å². The highest BCUT2D eigenvalue weighted by Crippen LogP contribution is 2.10. The van der Waals surface area contributed by atoms with E-state index in [1.54, 1.807) is 18.2 Å². The number of allylic oxidation sites excluding steroid dienone is 4. The van der Waals surface area contributed by atoms with Gasteiger partial charge in [0.15, 0.2) is 0 Å². The molecule has 0 aromatic heterocycles. The van der Waals surface area contributed by atoms with Crippen molar-refractivity contribution in [1.82, 2.24) is 0 Å². The molecular formula is C10H16FN. The monoisotopic (exact) mass is 169 g/mol. The summed E-state index contributed by atoms with van der Waals surface area (Å²) in [4.78, 5) is 0. The first-order valence-electron chi connectivity index (χ1n) is 4.14. The highest BCUT2D eigenvalue weighted by atomic mass is 19.1. The first kappa shape index (κ1) is 11.1. The van der Waals surface area contributed by atoms with Crippen molar-refractivity contribution in [3.63, 3.8) is 0 Å². The molecule has 0 aliphatic carbocycles. The van der Waals surface area contributed by atoms with E-state index in [-0.39, 0.29) is 12.4 Å². The quantitative estimate of drug-likeness (QED) is 0.643. The van der Waals surface area contributed by atoms with E-state index in [1.807, 2.05) is 13.8 Å². The summed E-state index contributed by atoms with van der Waals surface area (Å²) in [6.07, 6.45) is 7.47. The molecule has 2 heteroatoms. The standard InChI is InChI=1S/C10H16FN/c1-3-5-7-10(11)9(8-12)6-4-2/h3,5-7H,4,8,12H2,1-2H3/b5-3-,9-6+,10-7+. The average Bonchev–Trinajstić information content (AvgIpc) is 2.10. The van der Waals surface area contributed by atoms with Crippen LogP contribution in [0, 0.1) is 0 Å². The first-order valence-corrected chi connectivity index (χ1v) is 4.14. The number of rotatable bonds is 4. The van der Waals surface area contributed by atoms with Crippen molar-refractivity contribution in [1.29, 1.82) is 0 Å². The summed E-state index contributed by atoms with van der Waals surface area (Å²) in [7, 11) is 0. The molecule has 0 aliphatic rings. The topological polar surface area (TPSA) is 26.0 Å². The lowest BCUT2D eigenvalue weighted by atomic mass is 10.2. The van der Waals surface area contributed by atoms with Gasteiger partial charge < -0.3 is 5.73 Å². The third kappa shape index (κ3) is 4.09. The Morgan fingerprint density at radius 3 is 2.58 bits per heavy atom. The van der Waals surface area contributed by atoms with Gasteiger partial charge in [-0.2, -0.15) is 0 Å². The van der Waals surface area contributed by atoms with Crippen LogP contribution < -0.4 is 5.73 Å². The minimum Gasteiger partial charge on any atom is -0.326 e. The van der Waals surface area contributed by atoms with E-state index in [2.05, 4.69) is 0 Å². The number of nitrogens with two attached hydrogens (primary N) is 1. The van der Waals surface area contributed by atoms with Crippen molar-refractivity contribution in [3.05, 3.63) is 35.7 Å². The maximum absolute atomic E-state index is 13.1. The number of hydrogen-bond donors (Lipinski definition) is 1. The third-order valence-electron chi connectivity index (χ3n) is 1.41. The van der Waals surface area contributed by atoms with Crippen molar-refractivity contribution in [3.8, 4) is 0 Å². The van der Waals surface area contributed by atoms with E-state index in [0.717, 1.165) is 6.42 Å². The lowest BCUT2D eigenvalue weighted by Crippen LogP contribution is -2.03. The molecule has 2 N–H and O–H groups in total. The molecule has 0 aromatic rings. The van der Waals surface area contributed by atoms with E-state index in [9.17, 15) is 4.39 Å². The van der Waals surface area contributed by atoms with Crippen LogP contribution in [0.1, 0.15) is 20.3 Å². The minimum absolute atomic E-state index is 0.238. The maximum atomic E-state index is 13.1. The van der Waals surface area contributed by atoms with Gasteiger partial charge in [-0.15, -0.1) is 0 Å². The molecule has 1 nitrogen and oxygen atoms in total. The zero-order valence-electron chi connectivity index (χ0n) is 7.68. The lowest BCUT2D eigenvalue weighted by molar-refractivity contribution is 0.645. The van der Waals surface area contributed by atoms with Crippen molar-refractivity contribution in [2.24, 2.45) is 5.73 Å². The average molecular weight is 169 g/mol. The van der Waals surface area contributed by atoms with E-state index >= 15 is 0 Å². The van der Waals surface area contributed by atoms with E-state index < -0.39 is 0 Å². The fourth-order valence-electron chi connectivity index (χ4n) is 0.812. The predicted molar refractivity (Wildman–Crippen MR) is 51.4 cm³/mol. The Labute approximate surface area is 73.5 Å². The second kappa shape index (κ2) is 6.80. The van der Waals surface area contributed by atoms with Crippen molar-refractivity contribution in [2.75, 3.05) is 6.54 Å². The fourth-order valence-corrected chi connectivity index (χ4v) is 0.812. The Morgan fingerprint density at radius 1 is 1.50 bits per heavy atom. The van der Waals surface area contributed by atoms with Gasteiger partial charge in [0.2, 0.25) is 0 Å². The first-order chi connectivity index (χ1) is 5.76. The normalized spacial score (nSPS) is 14.3. The molecule has 0 spiro atoms. The Kier molecular flexibility index (Phi) is 6.29. The van der Waals surface area contributed by atoms with E-state index in [4.69, 9.17) is 5.73 Å². The van der Waals surface area contributed by atoms with Crippen LogP contribution in [0.5, 0.6) is 0 Å². The lowest BCUT2D eigenvalue weighted by Gasteiger charge is -1.98. The van der Waals surface area contributed by atoms with Crippen LogP contribution in [0.2, 0.25) is 0 Å². The van der Waals surface area contributed by atoms with Crippen LogP contribution in [0.4, 0.5) is 4.39 Å². The second-order valence-electron chi connectivity index (χ2n) is 2.38. The molecule has 0 heterocycles. The maximum Gasteiger partial charge on any atom is 0.127 e. The van der Waals surface area contributed by atoms with Crippen LogP contribution in [0.3, 0.4) is 0 Å². The zero-order valence-corrected chi connectivity index (χ0v) is 7.68. The zero-order chi connectivity index (χ0) is 9.40. The summed E-state index contributed by atoms with van der Waals surface area (Å²) < 4.78 is 13.1. The van der Waals surface area contributed by atoms with Gasteiger partial charge >= 0.3 is 0 Å². The molecule has 0 aromatic carbocycles. The molecule has 0 saturated heterocycles. The highest BCUT2D eigenvalue weighted by molar-refractivity contribution is 5.29. The smallest absolute Gasteiger partial charge is 0.127 e. The molecule has 0 aliphatic heterocycles. The molecule has 0 atom stereocenters. The fraction of sp³-hybridized carbons (Fsp3) is 0.400. The molecule has 68 valence electrons. The number of hydrogen-bond acceptors (Lipinski definition) is 1. The summed E-state index contributed by atoms with van der Waals surface area (Å²) in [6, 6.07) is 0. The van der Waals surface area contributed by atoms with Crippen molar-refractivity contribution in [2.45, 2.75) is 20.3 Å². The second-order valence-corrected chi connectivity index (χ2v) is 2.38. The molecule has 0 radical (unpaired) electrons. The summed E-state index contributed by atoms with van der Waals surface area (Å²) in [5, 5.41) is 0. The molecule has 0 saturated carbocycles. The summed E-state index contributed by atoms with van der Waals surface area (Å²) in [6.45, 7) is 4.06. The largest absolute Gasteiger partial charge is 0.326 e. The Morgan fingerprint density at radius 2 is 2.17 bits per heavy atom. The van der Waals surface area contributed by atoms with Crippen LogP contribution in [-0.2, 0) is 0 Å². The summed E-state index contributed by atoms with van der Waals surface area (Å²) in [5.41, 5.74) is 5.94. The molecule has 12 heavy (non-hydrogen) atoms. The molecule has 0 amide bonds. The SMILES string of the molecule is C\C=C/C=C(F)\C(=C\CC)CN. The van der Waals surface area contributed by atoms with Crippen LogP contribution in [0.25, 0.3) is 0 Å². The van der Waals surface area contributed by atoms with Crippen molar-refractivity contribution >= 4 is 0 Å². The molecular weight excluding hydrogens is 153 g/mol. The Hall–Kier alpha value is -0.890. The molecule has 0 bridgehead atoms. The Balaban J connectivity index is 4.40. The predicted octanol–water partition coefficient (Wildman–Crippen LogP) is 2.71. The molecule has 0 unspecified atom stereocenters. The van der Waals surface area contributed by atoms with E-state index in [1.165, 1.54) is 6.08 Å².